The maximum atomic E-state index is 4.89. The Morgan fingerprint density at radius 3 is 1.91 bits per heavy atom. The van der Waals surface area contributed by atoms with E-state index in [2.05, 4.69) is 17.3 Å². The van der Waals surface area contributed by atoms with Crippen LogP contribution in [0.5, 0.6) is 0 Å². The van der Waals surface area contributed by atoms with E-state index in [0.29, 0.717) is 0 Å². The molecule has 0 atom stereocenters. The molecule has 0 N–H and O–H groups in total. The Kier molecular flexibility index (Phi) is 10.3. The second kappa shape index (κ2) is 11.7. The van der Waals surface area contributed by atoms with Gasteiger partial charge in [0.05, 0.1) is 5.71 Å². The Hall–Kier alpha value is -0.791. The molecule has 0 bridgehead atoms. The summed E-state index contributed by atoms with van der Waals surface area (Å²) in [5.74, 6) is 1.12. The third kappa shape index (κ3) is 6.98. The van der Waals surface area contributed by atoms with Crippen molar-refractivity contribution in [1.29, 1.82) is 0 Å². The Labute approximate surface area is 146 Å². The molecular formula is C19H19FeNO. The van der Waals surface area contributed by atoms with E-state index in [4.69, 9.17) is 4.84 Å². The summed E-state index contributed by atoms with van der Waals surface area (Å²) < 4.78 is 0. The third-order valence-electron chi connectivity index (χ3n) is 2.97. The number of oxime groups is 1. The molecule has 0 aliphatic heterocycles. The smallest absolute Gasteiger partial charge is 0.106 e. The van der Waals surface area contributed by atoms with Gasteiger partial charge in [0, 0.05) is 29.4 Å². The molecule has 22 heavy (non-hydrogen) atoms. The molecule has 2 aliphatic carbocycles. The van der Waals surface area contributed by atoms with Gasteiger partial charge in [-0.1, -0.05) is 35.5 Å². The molecule has 2 fully saturated rings. The SMILES string of the molecule is CO/N=C(\Cc1ccccc1)[C]1[CH][CH][CH][CH]1.[CH]1[CH][CH][CH][CH]1.[Fe]. The van der Waals surface area contributed by atoms with Crippen molar-refractivity contribution >= 4 is 5.71 Å². The molecule has 3 heteroatoms. The predicted octanol–water partition coefficient (Wildman–Crippen LogP) is 3.66. The van der Waals surface area contributed by atoms with Gasteiger partial charge in [0.2, 0.25) is 0 Å². The first-order valence-electron chi connectivity index (χ1n) is 6.93. The first-order valence-corrected chi connectivity index (χ1v) is 6.93. The number of hydrogen-bond acceptors (Lipinski definition) is 2. The van der Waals surface area contributed by atoms with Crippen LogP contribution in [0.1, 0.15) is 5.56 Å². The number of hydrogen-bond donors (Lipinski definition) is 0. The van der Waals surface area contributed by atoms with Crippen LogP contribution in [0.25, 0.3) is 0 Å². The van der Waals surface area contributed by atoms with Crippen LogP contribution in [0.3, 0.4) is 0 Å². The molecule has 0 aromatic heterocycles. The van der Waals surface area contributed by atoms with E-state index in [0.717, 1.165) is 18.1 Å². The van der Waals surface area contributed by atoms with Crippen molar-refractivity contribution in [2.24, 2.45) is 5.16 Å². The van der Waals surface area contributed by atoms with Crippen LogP contribution in [0, 0.1) is 63.7 Å². The van der Waals surface area contributed by atoms with Crippen molar-refractivity contribution in [2.75, 3.05) is 7.11 Å². The summed E-state index contributed by atoms with van der Waals surface area (Å²) in [6.07, 6.45) is 18.9. The van der Waals surface area contributed by atoms with E-state index in [-0.39, 0.29) is 17.1 Å². The molecule has 0 heterocycles. The van der Waals surface area contributed by atoms with E-state index < -0.39 is 0 Å². The van der Waals surface area contributed by atoms with Crippen molar-refractivity contribution in [1.82, 2.24) is 0 Å². The molecule has 0 spiro atoms. The normalized spacial score (nSPS) is 18.3. The predicted molar refractivity (Wildman–Crippen MR) is 86.5 cm³/mol. The van der Waals surface area contributed by atoms with Gasteiger partial charge in [-0.05, 0) is 63.4 Å². The molecule has 3 rings (SSSR count). The Bertz CT molecular complexity index is 401. The largest absolute Gasteiger partial charge is 0.399 e. The summed E-state index contributed by atoms with van der Waals surface area (Å²) in [5, 5.41) is 4.08. The van der Waals surface area contributed by atoms with Crippen LogP contribution in [-0.4, -0.2) is 12.8 Å². The summed E-state index contributed by atoms with van der Waals surface area (Å²) in [4.78, 5) is 4.89. The van der Waals surface area contributed by atoms with Crippen molar-refractivity contribution in [3.63, 3.8) is 0 Å². The zero-order valence-corrected chi connectivity index (χ0v) is 13.6. The van der Waals surface area contributed by atoms with Gasteiger partial charge in [-0.3, -0.25) is 0 Å². The molecular weight excluding hydrogens is 314 g/mol. The second-order valence-electron chi connectivity index (χ2n) is 4.52. The Morgan fingerprint density at radius 1 is 0.864 bits per heavy atom. The third-order valence-corrected chi connectivity index (χ3v) is 2.97. The molecule has 0 saturated heterocycles. The first kappa shape index (κ1) is 19.3. The van der Waals surface area contributed by atoms with Crippen molar-refractivity contribution in [2.45, 2.75) is 6.42 Å². The molecule has 1 aromatic carbocycles. The van der Waals surface area contributed by atoms with Gasteiger partial charge in [0.1, 0.15) is 7.11 Å². The molecule has 2 aliphatic rings. The van der Waals surface area contributed by atoms with Crippen molar-refractivity contribution in [3.8, 4) is 0 Å². The monoisotopic (exact) mass is 333 g/mol. The maximum Gasteiger partial charge on any atom is 0.106 e. The standard InChI is InChI=1S/C14H14NO.C5H5.Fe/c1-16-15-14(13-9-5-6-10-13)11-12-7-3-2-4-8-12;1-2-4-5-3-1;/h2-10H,11H2,1H3;1-5H;/b15-14+;;. The zero-order valence-electron chi connectivity index (χ0n) is 12.5. The average Bonchev–Trinajstić information content (AvgIpc) is 3.24. The van der Waals surface area contributed by atoms with Gasteiger partial charge in [0.25, 0.3) is 0 Å². The molecule has 2 nitrogen and oxygen atoms in total. The van der Waals surface area contributed by atoms with E-state index in [9.17, 15) is 0 Å². The summed E-state index contributed by atoms with van der Waals surface area (Å²) in [6, 6.07) is 10.3. The van der Waals surface area contributed by atoms with E-state index in [1.807, 2.05) is 76.0 Å². The van der Waals surface area contributed by atoms with Crippen LogP contribution < -0.4 is 0 Å². The second-order valence-corrected chi connectivity index (χ2v) is 4.52. The van der Waals surface area contributed by atoms with Crippen LogP contribution in [0.2, 0.25) is 0 Å². The molecule has 1 aromatic rings. The summed E-state index contributed by atoms with van der Waals surface area (Å²) >= 11 is 0. The molecule has 2 saturated carbocycles. The first-order chi connectivity index (χ1) is 10.4. The Morgan fingerprint density at radius 2 is 1.41 bits per heavy atom. The quantitative estimate of drug-likeness (QED) is 0.468. The van der Waals surface area contributed by atoms with E-state index >= 15 is 0 Å². The van der Waals surface area contributed by atoms with Gasteiger partial charge in [-0.25, -0.2) is 0 Å². The van der Waals surface area contributed by atoms with Gasteiger partial charge < -0.3 is 4.84 Å². The van der Waals surface area contributed by atoms with Gasteiger partial charge in [-0.15, -0.1) is 0 Å². The van der Waals surface area contributed by atoms with Gasteiger partial charge in [-0.2, -0.15) is 0 Å². The minimum atomic E-state index is 0. The minimum absolute atomic E-state index is 0. The van der Waals surface area contributed by atoms with Crippen molar-refractivity contribution < 1.29 is 21.9 Å². The van der Waals surface area contributed by atoms with Gasteiger partial charge in [0.15, 0.2) is 0 Å². The minimum Gasteiger partial charge on any atom is -0.399 e. The van der Waals surface area contributed by atoms with Crippen LogP contribution in [-0.2, 0) is 28.3 Å². The van der Waals surface area contributed by atoms with E-state index in [1.54, 1.807) is 7.11 Å². The number of rotatable bonds is 4. The molecule has 114 valence electrons. The van der Waals surface area contributed by atoms with Crippen LogP contribution in [0.4, 0.5) is 0 Å². The topological polar surface area (TPSA) is 21.6 Å². The van der Waals surface area contributed by atoms with Crippen LogP contribution >= 0.6 is 0 Å². The fraction of sp³-hybridized carbons (Fsp3) is 0.105. The average molecular weight is 333 g/mol. The van der Waals surface area contributed by atoms with Gasteiger partial charge >= 0.3 is 0 Å². The Balaban J connectivity index is 0.000000344. The molecule has 0 amide bonds. The fourth-order valence-electron chi connectivity index (χ4n) is 1.97. The zero-order chi connectivity index (χ0) is 14.8. The van der Waals surface area contributed by atoms with Crippen LogP contribution in [0.15, 0.2) is 35.5 Å². The van der Waals surface area contributed by atoms with Crippen molar-refractivity contribution in [3.05, 3.63) is 99.6 Å². The summed E-state index contributed by atoms with van der Waals surface area (Å²) in [6.45, 7) is 0. The number of nitrogens with zero attached hydrogens (tertiary/aromatic N) is 1. The maximum absolute atomic E-state index is 4.89. The summed E-state index contributed by atoms with van der Waals surface area (Å²) in [5.41, 5.74) is 2.19. The van der Waals surface area contributed by atoms with E-state index in [1.165, 1.54) is 5.56 Å². The molecule has 10 radical (unpaired) electrons. The summed E-state index contributed by atoms with van der Waals surface area (Å²) in [7, 11) is 1.58. The fourth-order valence-corrected chi connectivity index (χ4v) is 1.97. The molecule has 0 unspecified atom stereocenters. The number of benzene rings is 1.